The molecular weight excluding hydrogens is 447 g/mol. The van der Waals surface area contributed by atoms with Crippen molar-refractivity contribution in [3.05, 3.63) is 29.2 Å². The van der Waals surface area contributed by atoms with E-state index in [0.717, 1.165) is 0 Å². The Morgan fingerprint density at radius 1 is 1.21 bits per heavy atom. The number of aryl methyl sites for hydroxylation is 1. The van der Waals surface area contributed by atoms with Crippen LogP contribution >= 0.6 is 0 Å². The Morgan fingerprint density at radius 3 is 2.47 bits per heavy atom. The van der Waals surface area contributed by atoms with E-state index >= 15 is 0 Å². The maximum absolute atomic E-state index is 13.6. The zero-order valence-electron chi connectivity index (χ0n) is 20.2. The minimum Gasteiger partial charge on any atom is -0.470 e. The number of aromatic nitrogens is 4. The average Bonchev–Trinajstić information content (AvgIpc) is 3.11. The summed E-state index contributed by atoms with van der Waals surface area (Å²) in [4.78, 5) is 23.2. The van der Waals surface area contributed by atoms with E-state index in [1.807, 2.05) is 20.8 Å². The molecule has 4 rings (SSSR count). The van der Waals surface area contributed by atoms with E-state index in [-0.39, 0.29) is 36.7 Å². The van der Waals surface area contributed by atoms with Gasteiger partial charge in [-0.2, -0.15) is 10.1 Å². The second-order valence-corrected chi connectivity index (χ2v) is 10.5. The van der Waals surface area contributed by atoms with Crippen molar-refractivity contribution in [2.45, 2.75) is 78.5 Å². The monoisotopic (exact) mass is 479 g/mol. The van der Waals surface area contributed by atoms with Gasteiger partial charge < -0.3 is 9.64 Å². The van der Waals surface area contributed by atoms with Crippen molar-refractivity contribution in [1.82, 2.24) is 24.6 Å². The first-order chi connectivity index (χ1) is 15.9. The first kappa shape index (κ1) is 24.5. The van der Waals surface area contributed by atoms with Crippen LogP contribution in [0.15, 0.2) is 12.3 Å². The number of halogens is 3. The molecular formula is C24H32F3N5O2. The highest BCUT2D eigenvalue weighted by molar-refractivity contribution is 5.82. The van der Waals surface area contributed by atoms with Gasteiger partial charge in [-0.25, -0.2) is 22.8 Å². The number of carbonyl (C=O) groups excluding carboxylic acids is 1. The predicted octanol–water partition coefficient (Wildman–Crippen LogP) is 4.44. The van der Waals surface area contributed by atoms with Crippen molar-refractivity contribution in [1.29, 1.82) is 0 Å². The number of rotatable bonds is 6. The highest BCUT2D eigenvalue weighted by atomic mass is 19.3. The lowest BCUT2D eigenvalue weighted by molar-refractivity contribution is -0.148. The average molecular weight is 480 g/mol. The molecule has 0 radical (unpaired) electrons. The minimum absolute atomic E-state index is 0.0660. The summed E-state index contributed by atoms with van der Waals surface area (Å²) in [5.74, 6) is -1.84. The molecule has 0 spiro atoms. The Hall–Kier alpha value is -2.65. The van der Waals surface area contributed by atoms with Gasteiger partial charge in [0.05, 0.1) is 24.5 Å². The second-order valence-electron chi connectivity index (χ2n) is 10.5. The van der Waals surface area contributed by atoms with Gasteiger partial charge in [0.2, 0.25) is 17.7 Å². The number of amides is 1. The molecule has 1 saturated heterocycles. The van der Waals surface area contributed by atoms with Gasteiger partial charge in [0.25, 0.3) is 5.95 Å². The van der Waals surface area contributed by atoms with Crippen molar-refractivity contribution in [3.63, 3.8) is 0 Å². The van der Waals surface area contributed by atoms with Gasteiger partial charge >= 0.3 is 0 Å². The molecule has 0 unspecified atom stereocenters. The van der Waals surface area contributed by atoms with Crippen LogP contribution in [0.2, 0.25) is 0 Å². The molecule has 0 aromatic carbocycles. The Balaban J connectivity index is 1.52. The van der Waals surface area contributed by atoms with Crippen LogP contribution < -0.4 is 4.74 Å². The lowest BCUT2D eigenvalue weighted by atomic mass is 9.84. The summed E-state index contributed by atoms with van der Waals surface area (Å²) in [6.07, 6.45) is 2.62. The Bertz CT molecular complexity index is 1030. The highest BCUT2D eigenvalue weighted by Gasteiger charge is 2.38. The van der Waals surface area contributed by atoms with Crippen molar-refractivity contribution in [3.8, 4) is 11.8 Å². The molecule has 186 valence electrons. The van der Waals surface area contributed by atoms with Crippen molar-refractivity contribution in [2.24, 2.45) is 11.3 Å². The van der Waals surface area contributed by atoms with E-state index in [9.17, 15) is 18.0 Å². The van der Waals surface area contributed by atoms with Crippen molar-refractivity contribution in [2.75, 3.05) is 13.1 Å². The maximum Gasteiger partial charge on any atom is 0.254 e. The standard InChI is InChI=1S/C24H32F3N5O2/c1-15-12-32(30-19(15)11-25)22-28-17(9-16-5-7-24(26,27)8-6-16)10-20(29-22)34-18-13-31(14-18)21(33)23(2,3)4/h10,12,16,18H,5-9,11,13-14H2,1-4H3. The van der Waals surface area contributed by atoms with Gasteiger partial charge in [-0.1, -0.05) is 20.8 Å². The molecule has 3 heterocycles. The third kappa shape index (κ3) is 5.52. The van der Waals surface area contributed by atoms with Gasteiger partial charge in [-0.05, 0) is 37.7 Å². The van der Waals surface area contributed by atoms with Gasteiger partial charge in [0.1, 0.15) is 12.8 Å². The molecule has 1 aliphatic carbocycles. The summed E-state index contributed by atoms with van der Waals surface area (Å²) in [7, 11) is 0. The molecule has 0 bridgehead atoms. The molecule has 2 aliphatic rings. The van der Waals surface area contributed by atoms with Crippen molar-refractivity contribution < 1.29 is 22.7 Å². The molecule has 1 saturated carbocycles. The van der Waals surface area contributed by atoms with Crippen LogP contribution in [0.25, 0.3) is 5.95 Å². The van der Waals surface area contributed by atoms with Gasteiger partial charge in [0, 0.05) is 30.5 Å². The summed E-state index contributed by atoms with van der Waals surface area (Å²) in [5, 5.41) is 4.23. The van der Waals surface area contributed by atoms with E-state index in [1.165, 1.54) is 4.68 Å². The van der Waals surface area contributed by atoms with Crippen LogP contribution in [0, 0.1) is 18.3 Å². The summed E-state index contributed by atoms with van der Waals surface area (Å²) >= 11 is 0. The first-order valence-electron chi connectivity index (χ1n) is 11.8. The molecule has 0 N–H and O–H groups in total. The number of ether oxygens (including phenoxy) is 1. The summed E-state index contributed by atoms with van der Waals surface area (Å²) in [6, 6.07) is 1.73. The third-order valence-electron chi connectivity index (χ3n) is 6.47. The van der Waals surface area contributed by atoms with E-state index in [2.05, 4.69) is 15.1 Å². The molecule has 0 atom stereocenters. The number of nitrogens with zero attached hydrogens (tertiary/aromatic N) is 5. The SMILES string of the molecule is Cc1cn(-c2nc(CC3CCC(F)(F)CC3)cc(OC3CN(C(=O)C(C)(C)C)C3)n2)nc1CF. The maximum atomic E-state index is 13.6. The second kappa shape index (κ2) is 9.19. The fraction of sp³-hybridized carbons (Fsp3) is 0.667. The topological polar surface area (TPSA) is 73.1 Å². The fourth-order valence-corrected chi connectivity index (χ4v) is 4.38. The van der Waals surface area contributed by atoms with Crippen LogP contribution in [0.3, 0.4) is 0 Å². The smallest absolute Gasteiger partial charge is 0.254 e. The number of alkyl halides is 3. The summed E-state index contributed by atoms with van der Waals surface area (Å²) < 4.78 is 47.8. The van der Waals surface area contributed by atoms with Gasteiger partial charge in [-0.3, -0.25) is 4.79 Å². The fourth-order valence-electron chi connectivity index (χ4n) is 4.38. The van der Waals surface area contributed by atoms with Crippen molar-refractivity contribution >= 4 is 5.91 Å². The van der Waals surface area contributed by atoms with Crippen LogP contribution in [-0.4, -0.2) is 55.7 Å². The lowest BCUT2D eigenvalue weighted by Crippen LogP contribution is -2.58. The number of hydrogen-bond donors (Lipinski definition) is 0. The molecule has 7 nitrogen and oxygen atoms in total. The molecule has 2 aromatic heterocycles. The summed E-state index contributed by atoms with van der Waals surface area (Å²) in [5.41, 5.74) is 1.21. The van der Waals surface area contributed by atoms with E-state index in [0.29, 0.717) is 55.2 Å². The molecule has 1 aliphatic heterocycles. The predicted molar refractivity (Wildman–Crippen MR) is 120 cm³/mol. The Kier molecular flexibility index (Phi) is 6.61. The molecule has 1 amide bonds. The molecule has 10 heteroatoms. The first-order valence-corrected chi connectivity index (χ1v) is 11.8. The number of hydrogen-bond acceptors (Lipinski definition) is 5. The van der Waals surface area contributed by atoms with E-state index < -0.39 is 18.0 Å². The lowest BCUT2D eigenvalue weighted by Gasteiger charge is -2.41. The largest absolute Gasteiger partial charge is 0.470 e. The highest BCUT2D eigenvalue weighted by Crippen LogP contribution is 2.37. The molecule has 2 aromatic rings. The van der Waals surface area contributed by atoms with Gasteiger partial charge in [0.15, 0.2) is 0 Å². The van der Waals surface area contributed by atoms with Crippen LogP contribution in [-0.2, 0) is 17.9 Å². The summed E-state index contributed by atoms with van der Waals surface area (Å²) in [6.45, 7) is 7.64. The van der Waals surface area contributed by atoms with E-state index in [4.69, 9.17) is 4.74 Å². The Labute approximate surface area is 197 Å². The van der Waals surface area contributed by atoms with Crippen LogP contribution in [0.5, 0.6) is 5.88 Å². The quantitative estimate of drug-likeness (QED) is 0.612. The zero-order valence-corrected chi connectivity index (χ0v) is 20.2. The number of likely N-dealkylation sites (tertiary alicyclic amines) is 1. The number of carbonyl (C=O) groups is 1. The minimum atomic E-state index is -2.59. The van der Waals surface area contributed by atoms with Gasteiger partial charge in [-0.15, -0.1) is 0 Å². The van der Waals surface area contributed by atoms with Crippen LogP contribution in [0.4, 0.5) is 13.2 Å². The van der Waals surface area contributed by atoms with E-state index in [1.54, 1.807) is 24.1 Å². The van der Waals surface area contributed by atoms with Crippen LogP contribution in [0.1, 0.15) is 63.4 Å². The zero-order chi connectivity index (χ0) is 24.7. The normalized spacial score (nSPS) is 19.2. The Morgan fingerprint density at radius 2 is 1.88 bits per heavy atom. The molecule has 34 heavy (non-hydrogen) atoms. The molecule has 2 fully saturated rings. The third-order valence-corrected chi connectivity index (χ3v) is 6.47.